The van der Waals surface area contributed by atoms with Crippen molar-refractivity contribution in [2.75, 3.05) is 14.2 Å². The van der Waals surface area contributed by atoms with Gasteiger partial charge in [0.1, 0.15) is 0 Å². The van der Waals surface area contributed by atoms with E-state index in [1.54, 1.807) is 14.2 Å². The minimum atomic E-state index is -1.59. The maximum absolute atomic E-state index is 5.51. The molecule has 0 saturated carbocycles. The lowest BCUT2D eigenvalue weighted by Crippen LogP contribution is -2.28. The fourth-order valence-electron chi connectivity index (χ4n) is 1.93. The molecule has 1 aromatic carbocycles. The first-order valence-corrected chi connectivity index (χ1v) is 7.94. The van der Waals surface area contributed by atoms with Gasteiger partial charge < -0.3 is 8.85 Å². The molecule has 0 aliphatic rings. The summed E-state index contributed by atoms with van der Waals surface area (Å²) in [5.74, 6) is 0. The van der Waals surface area contributed by atoms with Gasteiger partial charge in [0.15, 0.2) is 0 Å². The van der Waals surface area contributed by atoms with Crippen LogP contribution in [-0.2, 0) is 8.85 Å². The topological polar surface area (TPSA) is 18.5 Å². The van der Waals surface area contributed by atoms with E-state index >= 15 is 0 Å². The molecule has 1 atom stereocenters. The summed E-state index contributed by atoms with van der Waals surface area (Å²) >= 11 is 3.51. The Bertz CT molecular complexity index is 316. The van der Waals surface area contributed by atoms with E-state index in [1.165, 1.54) is 5.56 Å². The fourth-order valence-corrected chi connectivity index (χ4v) is 4.33. The van der Waals surface area contributed by atoms with E-state index in [0.717, 1.165) is 17.3 Å². The summed E-state index contributed by atoms with van der Waals surface area (Å²) in [5.41, 5.74) is 1.74. The van der Waals surface area contributed by atoms with Crippen molar-refractivity contribution in [2.24, 2.45) is 0 Å². The number of benzene rings is 1. The molecule has 0 aliphatic heterocycles. The van der Waals surface area contributed by atoms with Gasteiger partial charge in [-0.1, -0.05) is 41.4 Å². The van der Waals surface area contributed by atoms with E-state index in [0.29, 0.717) is 5.54 Å². The third-order valence-corrected chi connectivity index (χ3v) is 5.47. The number of hydrogen-bond acceptors (Lipinski definition) is 2. The van der Waals surface area contributed by atoms with Gasteiger partial charge in [0.2, 0.25) is 0 Å². The van der Waals surface area contributed by atoms with Crippen LogP contribution >= 0.6 is 15.9 Å². The predicted octanol–water partition coefficient (Wildman–Crippen LogP) is 3.39. The van der Waals surface area contributed by atoms with Crippen LogP contribution in [0.5, 0.6) is 0 Å². The van der Waals surface area contributed by atoms with Crippen molar-refractivity contribution in [1.29, 1.82) is 0 Å². The molecule has 1 unspecified atom stereocenters. The average Bonchev–Trinajstić information content (AvgIpc) is 2.29. The summed E-state index contributed by atoms with van der Waals surface area (Å²) in [7, 11) is 1.91. The van der Waals surface area contributed by atoms with Crippen LogP contribution < -0.4 is 0 Å². The van der Waals surface area contributed by atoms with E-state index in [-0.39, 0.29) is 0 Å². The zero-order valence-corrected chi connectivity index (χ0v) is 12.8. The largest absolute Gasteiger partial charge is 0.400 e. The Morgan fingerprint density at radius 3 is 2.50 bits per heavy atom. The van der Waals surface area contributed by atoms with Crippen LogP contribution in [0.1, 0.15) is 30.9 Å². The van der Waals surface area contributed by atoms with Crippen LogP contribution in [0, 0.1) is 0 Å². The van der Waals surface area contributed by atoms with Crippen molar-refractivity contribution in [3.05, 3.63) is 34.3 Å². The maximum Gasteiger partial charge on any atom is 0.328 e. The minimum Gasteiger partial charge on any atom is -0.400 e. The molecule has 0 bridgehead atoms. The lowest BCUT2D eigenvalue weighted by molar-refractivity contribution is 0.264. The van der Waals surface area contributed by atoms with Gasteiger partial charge in [-0.05, 0) is 24.1 Å². The molecule has 0 N–H and O–H groups in total. The zero-order chi connectivity index (χ0) is 12.0. The quantitative estimate of drug-likeness (QED) is 0.750. The molecule has 1 rings (SSSR count). The molecule has 90 valence electrons. The highest BCUT2D eigenvalue weighted by Crippen LogP contribution is 2.27. The molecule has 0 fully saturated rings. The highest BCUT2D eigenvalue weighted by atomic mass is 79.9. The minimum absolute atomic E-state index is 0.428. The lowest BCUT2D eigenvalue weighted by atomic mass is 10.1. The summed E-state index contributed by atoms with van der Waals surface area (Å²) in [4.78, 5) is 0. The van der Waals surface area contributed by atoms with Crippen molar-refractivity contribution in [2.45, 2.75) is 25.3 Å². The smallest absolute Gasteiger partial charge is 0.328 e. The van der Waals surface area contributed by atoms with Crippen molar-refractivity contribution in [3.63, 3.8) is 0 Å². The first-order valence-electron chi connectivity index (χ1n) is 5.54. The second-order valence-electron chi connectivity index (χ2n) is 3.79. The summed E-state index contributed by atoms with van der Waals surface area (Å²) in [5, 5.41) is 0. The molecular weight excluding hydrogens is 284 g/mol. The van der Waals surface area contributed by atoms with E-state index < -0.39 is 9.28 Å². The van der Waals surface area contributed by atoms with Gasteiger partial charge in [0, 0.05) is 24.2 Å². The number of hydrogen-bond donors (Lipinski definition) is 0. The second-order valence-corrected chi connectivity index (χ2v) is 7.19. The van der Waals surface area contributed by atoms with Gasteiger partial charge in [-0.15, -0.1) is 0 Å². The first kappa shape index (κ1) is 13.9. The second kappa shape index (κ2) is 7.22. The third kappa shape index (κ3) is 3.70. The summed E-state index contributed by atoms with van der Waals surface area (Å²) in [6.07, 6.45) is 2.27. The van der Waals surface area contributed by atoms with Gasteiger partial charge in [0.05, 0.1) is 0 Å². The van der Waals surface area contributed by atoms with Crippen molar-refractivity contribution >= 4 is 25.2 Å². The van der Waals surface area contributed by atoms with Crippen LogP contribution in [0.25, 0.3) is 0 Å². The molecular formula is C12H19BrO2Si. The van der Waals surface area contributed by atoms with E-state index in [1.807, 2.05) is 6.07 Å². The van der Waals surface area contributed by atoms with Crippen molar-refractivity contribution in [1.82, 2.24) is 0 Å². The van der Waals surface area contributed by atoms with Gasteiger partial charge in [-0.2, -0.15) is 0 Å². The summed E-state index contributed by atoms with van der Waals surface area (Å²) in [6.45, 7) is 2.20. The van der Waals surface area contributed by atoms with Gasteiger partial charge >= 0.3 is 9.28 Å². The van der Waals surface area contributed by atoms with Crippen LogP contribution in [0.3, 0.4) is 0 Å². The normalized spacial score (nSPS) is 13.1. The van der Waals surface area contributed by atoms with Gasteiger partial charge in [-0.3, -0.25) is 0 Å². The van der Waals surface area contributed by atoms with Crippen LogP contribution in [0.2, 0.25) is 0 Å². The predicted molar refractivity (Wildman–Crippen MR) is 73.0 cm³/mol. The van der Waals surface area contributed by atoms with Crippen molar-refractivity contribution in [3.8, 4) is 0 Å². The molecule has 4 heteroatoms. The zero-order valence-electron chi connectivity index (χ0n) is 10.1. The van der Waals surface area contributed by atoms with E-state index in [2.05, 4.69) is 41.1 Å². The average molecular weight is 303 g/mol. The fraction of sp³-hybridized carbons (Fsp3) is 0.500. The molecule has 0 heterocycles. The van der Waals surface area contributed by atoms with E-state index in [9.17, 15) is 0 Å². The Morgan fingerprint density at radius 1 is 1.31 bits per heavy atom. The molecule has 1 aromatic rings. The molecule has 0 saturated heterocycles. The Hall–Kier alpha value is -0.163. The summed E-state index contributed by atoms with van der Waals surface area (Å²) in [6, 6.07) is 8.43. The summed E-state index contributed by atoms with van der Waals surface area (Å²) < 4.78 is 12.1. The Morgan fingerprint density at radius 2 is 2.00 bits per heavy atom. The number of halogens is 1. The maximum atomic E-state index is 5.51. The monoisotopic (exact) mass is 302 g/mol. The Balaban J connectivity index is 2.91. The van der Waals surface area contributed by atoms with Gasteiger partial charge in [-0.25, -0.2) is 0 Å². The highest BCUT2D eigenvalue weighted by molar-refractivity contribution is 9.10. The lowest BCUT2D eigenvalue weighted by Gasteiger charge is -2.22. The van der Waals surface area contributed by atoms with Crippen molar-refractivity contribution < 1.29 is 8.85 Å². The van der Waals surface area contributed by atoms with Crippen LogP contribution in [-0.4, -0.2) is 23.5 Å². The SMILES string of the molecule is CCCC(c1cccc(Br)c1)[SiH](OC)OC. The standard InChI is InChI=1S/C12H19BrO2Si/c1-4-6-12(16(14-2)15-3)10-7-5-8-11(13)9-10/h5,7-9,12,16H,4,6H2,1-3H3. The van der Waals surface area contributed by atoms with Crippen LogP contribution in [0.15, 0.2) is 28.7 Å². The molecule has 2 nitrogen and oxygen atoms in total. The van der Waals surface area contributed by atoms with Crippen LogP contribution in [0.4, 0.5) is 0 Å². The molecule has 0 aromatic heterocycles. The van der Waals surface area contributed by atoms with Gasteiger partial charge in [0.25, 0.3) is 0 Å². The Kier molecular flexibility index (Phi) is 6.27. The molecule has 0 spiro atoms. The first-order chi connectivity index (χ1) is 7.72. The molecule has 0 aliphatic carbocycles. The Labute approximate surface area is 108 Å². The molecule has 16 heavy (non-hydrogen) atoms. The number of rotatable bonds is 6. The molecule has 0 radical (unpaired) electrons. The van der Waals surface area contributed by atoms with E-state index in [4.69, 9.17) is 8.85 Å². The molecule has 0 amide bonds. The third-order valence-electron chi connectivity index (χ3n) is 2.67. The highest BCUT2D eigenvalue weighted by Gasteiger charge is 2.25.